The van der Waals surface area contributed by atoms with Crippen molar-refractivity contribution in [3.8, 4) is 5.69 Å². The summed E-state index contributed by atoms with van der Waals surface area (Å²) in [6, 6.07) is 15.6. The van der Waals surface area contributed by atoms with Crippen molar-refractivity contribution >= 4 is 22.0 Å². The summed E-state index contributed by atoms with van der Waals surface area (Å²) in [7, 11) is -3.80. The van der Waals surface area contributed by atoms with E-state index >= 15 is 0 Å². The van der Waals surface area contributed by atoms with E-state index in [4.69, 9.17) is 0 Å². The Morgan fingerprint density at radius 3 is 2.24 bits per heavy atom. The second-order valence-electron chi connectivity index (χ2n) is 12.7. The molecule has 2 saturated heterocycles. The first-order valence-electron chi connectivity index (χ1n) is 14.6. The van der Waals surface area contributed by atoms with Gasteiger partial charge >= 0.3 is 0 Å². The molecule has 8 heteroatoms. The van der Waals surface area contributed by atoms with Crippen LogP contribution in [0.15, 0.2) is 71.3 Å². The highest BCUT2D eigenvalue weighted by Crippen LogP contribution is 2.47. The molecule has 1 aliphatic carbocycles. The molecule has 0 unspecified atom stereocenters. The van der Waals surface area contributed by atoms with Gasteiger partial charge in [0, 0.05) is 43.8 Å². The summed E-state index contributed by atoms with van der Waals surface area (Å²) in [4.78, 5) is 16.6. The Balaban J connectivity index is 1.38. The van der Waals surface area contributed by atoms with Crippen LogP contribution in [0.4, 0.5) is 4.39 Å². The molecule has 1 atom stereocenters. The maximum Gasteiger partial charge on any atom is 0.243 e. The van der Waals surface area contributed by atoms with Gasteiger partial charge in [-0.25, -0.2) is 12.8 Å². The molecule has 6 rings (SSSR count). The van der Waals surface area contributed by atoms with E-state index in [-0.39, 0.29) is 28.6 Å². The molecule has 41 heavy (non-hydrogen) atoms. The van der Waals surface area contributed by atoms with E-state index in [1.165, 1.54) is 16.4 Å². The molecule has 2 fully saturated rings. The number of likely N-dealkylation sites (tertiary alicyclic amines) is 1. The largest absolute Gasteiger partial charge is 0.342 e. The van der Waals surface area contributed by atoms with Gasteiger partial charge in [0.25, 0.3) is 0 Å². The number of amides is 1. The van der Waals surface area contributed by atoms with E-state index in [0.29, 0.717) is 32.5 Å². The third-order valence-electron chi connectivity index (χ3n) is 9.02. The van der Waals surface area contributed by atoms with Crippen LogP contribution in [-0.2, 0) is 26.7 Å². The summed E-state index contributed by atoms with van der Waals surface area (Å²) in [5, 5.41) is 0. The van der Waals surface area contributed by atoms with Gasteiger partial charge in [0.15, 0.2) is 0 Å². The Bertz CT molecular complexity index is 1590. The van der Waals surface area contributed by atoms with Crippen LogP contribution in [0.3, 0.4) is 0 Å². The summed E-state index contributed by atoms with van der Waals surface area (Å²) in [6.45, 7) is 8.16. The predicted molar refractivity (Wildman–Crippen MR) is 159 cm³/mol. The first-order chi connectivity index (χ1) is 19.5. The Kier molecular flexibility index (Phi) is 6.97. The minimum absolute atomic E-state index is 0.0339. The van der Waals surface area contributed by atoms with Gasteiger partial charge in [-0.1, -0.05) is 32.9 Å². The number of piperidine rings is 2. The molecule has 2 aromatic carbocycles. The van der Waals surface area contributed by atoms with Crippen molar-refractivity contribution in [2.45, 2.75) is 63.2 Å². The average molecular weight is 576 g/mol. The van der Waals surface area contributed by atoms with Gasteiger partial charge in [-0.05, 0) is 103 Å². The summed E-state index contributed by atoms with van der Waals surface area (Å²) in [5.74, 6) is -0.257. The number of benzene rings is 2. The molecular weight excluding hydrogens is 537 g/mol. The van der Waals surface area contributed by atoms with Gasteiger partial charge in [-0.15, -0.1) is 0 Å². The fraction of sp³-hybridized carbons (Fsp3) is 0.424. The normalized spacial score (nSPS) is 21.7. The molecule has 0 saturated carbocycles. The molecule has 0 spiro atoms. The third-order valence-corrected chi connectivity index (χ3v) is 10.9. The van der Waals surface area contributed by atoms with Gasteiger partial charge in [0.2, 0.25) is 15.9 Å². The van der Waals surface area contributed by atoms with E-state index in [1.807, 2.05) is 33.9 Å². The molecule has 6 nitrogen and oxygen atoms in total. The lowest BCUT2D eigenvalue weighted by Gasteiger charge is -2.47. The number of carbonyl (C=O) groups excluding carboxylic acids is 1. The molecule has 0 N–H and O–H groups in total. The number of rotatable bonds is 4. The highest BCUT2D eigenvalue weighted by molar-refractivity contribution is 7.89. The topological polar surface area (TPSA) is 62.6 Å². The number of hydrogen-bond acceptors (Lipinski definition) is 3. The van der Waals surface area contributed by atoms with Gasteiger partial charge in [-0.2, -0.15) is 4.31 Å². The van der Waals surface area contributed by atoms with Gasteiger partial charge < -0.3 is 9.47 Å². The standard InChI is InChI=1S/C33H38FN3O3S/c1-32(2,3)25-7-13-29(14-8-25)41(39,40)36-19-16-26-21-30-24(15-20-37(30)28-11-9-27(34)10-12-28)22-33(26,23-36)31(38)35-17-5-4-6-18-35/h7-15,20-21H,4-6,16-19,22-23H2,1-3H3/t33-/m0/s1. The van der Waals surface area contributed by atoms with Crippen molar-refractivity contribution in [2.24, 2.45) is 5.41 Å². The van der Waals surface area contributed by atoms with Crippen LogP contribution in [0.1, 0.15) is 63.3 Å². The van der Waals surface area contributed by atoms with Crippen molar-refractivity contribution in [2.75, 3.05) is 26.2 Å². The first kappa shape index (κ1) is 27.9. The lowest BCUT2D eigenvalue weighted by molar-refractivity contribution is -0.142. The molecule has 1 amide bonds. The number of nitrogens with zero attached hydrogens (tertiary/aromatic N) is 3. The smallest absolute Gasteiger partial charge is 0.243 e. The molecule has 0 radical (unpaired) electrons. The second kappa shape index (κ2) is 10.2. The van der Waals surface area contributed by atoms with Gasteiger partial charge in [-0.3, -0.25) is 4.79 Å². The average Bonchev–Trinajstić information content (AvgIpc) is 3.37. The molecule has 3 heterocycles. The Morgan fingerprint density at radius 1 is 0.902 bits per heavy atom. The van der Waals surface area contributed by atoms with Crippen molar-refractivity contribution < 1.29 is 17.6 Å². The van der Waals surface area contributed by atoms with Gasteiger partial charge in [0.1, 0.15) is 5.82 Å². The zero-order valence-electron chi connectivity index (χ0n) is 24.1. The summed E-state index contributed by atoms with van der Waals surface area (Å²) >= 11 is 0. The number of sulfonamides is 1. The van der Waals surface area contributed by atoms with Crippen LogP contribution in [0.25, 0.3) is 11.8 Å². The Hall–Kier alpha value is -3.23. The van der Waals surface area contributed by atoms with Crippen molar-refractivity contribution in [3.05, 3.63) is 89.0 Å². The third kappa shape index (κ3) is 4.95. The summed E-state index contributed by atoms with van der Waals surface area (Å²) in [5.41, 5.74) is 3.84. The van der Waals surface area contributed by atoms with E-state index in [1.54, 1.807) is 24.3 Å². The Morgan fingerprint density at radius 2 is 1.59 bits per heavy atom. The zero-order valence-corrected chi connectivity index (χ0v) is 24.9. The lowest BCUT2D eigenvalue weighted by atomic mass is 9.67. The van der Waals surface area contributed by atoms with Crippen LogP contribution < -0.4 is 0 Å². The number of carbonyl (C=O) groups is 1. The van der Waals surface area contributed by atoms with Gasteiger partial charge in [0.05, 0.1) is 10.3 Å². The number of aromatic nitrogens is 1. The number of halogens is 1. The second-order valence-corrected chi connectivity index (χ2v) is 14.7. The molecule has 1 aromatic heterocycles. The van der Waals surface area contributed by atoms with Crippen LogP contribution >= 0.6 is 0 Å². The van der Waals surface area contributed by atoms with E-state index in [2.05, 4.69) is 26.8 Å². The fourth-order valence-electron chi connectivity index (χ4n) is 6.62. The zero-order chi connectivity index (χ0) is 29.0. The molecule has 0 bridgehead atoms. The molecule has 3 aliphatic rings. The van der Waals surface area contributed by atoms with Crippen molar-refractivity contribution in [1.82, 2.24) is 13.8 Å². The Labute approximate surface area is 242 Å². The highest BCUT2D eigenvalue weighted by atomic mass is 32.2. The van der Waals surface area contributed by atoms with Crippen molar-refractivity contribution in [3.63, 3.8) is 0 Å². The maximum atomic E-state index is 14.4. The maximum absolute atomic E-state index is 14.4. The lowest BCUT2D eigenvalue weighted by Crippen LogP contribution is -2.57. The van der Waals surface area contributed by atoms with Crippen LogP contribution in [0.2, 0.25) is 0 Å². The SMILES string of the molecule is CC(C)(C)c1ccc(S(=O)(=O)N2CCC3=Cc4c(ccn4-c4ccc(F)cc4)C[C@]3(C(=O)N3CCCCC3)C2)cc1. The van der Waals surface area contributed by atoms with Crippen LogP contribution in [0, 0.1) is 11.2 Å². The van der Waals surface area contributed by atoms with E-state index < -0.39 is 15.4 Å². The molecular formula is C33H38FN3O3S. The van der Waals surface area contributed by atoms with Crippen molar-refractivity contribution in [1.29, 1.82) is 0 Å². The predicted octanol–water partition coefficient (Wildman–Crippen LogP) is 5.95. The van der Waals surface area contributed by atoms with Crippen LogP contribution in [0.5, 0.6) is 0 Å². The number of fused-ring (bicyclic) bond motifs is 2. The monoisotopic (exact) mass is 575 g/mol. The molecule has 216 valence electrons. The first-order valence-corrected chi connectivity index (χ1v) is 16.0. The highest BCUT2D eigenvalue weighted by Gasteiger charge is 2.52. The summed E-state index contributed by atoms with van der Waals surface area (Å²) < 4.78 is 45.1. The fourth-order valence-corrected chi connectivity index (χ4v) is 8.12. The minimum atomic E-state index is -3.80. The molecule has 2 aliphatic heterocycles. The number of hydrogen-bond donors (Lipinski definition) is 0. The molecule has 3 aromatic rings. The summed E-state index contributed by atoms with van der Waals surface area (Å²) in [6.07, 6.45) is 8.00. The van der Waals surface area contributed by atoms with E-state index in [0.717, 1.165) is 47.3 Å². The minimum Gasteiger partial charge on any atom is -0.342 e. The van der Waals surface area contributed by atoms with E-state index in [9.17, 15) is 17.6 Å². The quantitative estimate of drug-likeness (QED) is 0.387. The van der Waals surface area contributed by atoms with Crippen LogP contribution in [-0.4, -0.2) is 54.3 Å².